The topological polar surface area (TPSA) is 105 Å². The number of hydrogen-bond donors (Lipinski definition) is 2. The van der Waals surface area contributed by atoms with Gasteiger partial charge in [0.25, 0.3) is 5.91 Å². The van der Waals surface area contributed by atoms with E-state index in [1.54, 1.807) is 24.3 Å². The molecular weight excluding hydrogens is 461 g/mol. The lowest BCUT2D eigenvalue weighted by Crippen LogP contribution is -2.40. The summed E-state index contributed by atoms with van der Waals surface area (Å²) in [5.74, 6) is -1.46. The number of halogens is 1. The molecule has 10 heteroatoms. The molecule has 1 saturated carbocycles. The number of anilines is 2. The highest BCUT2D eigenvalue weighted by Gasteiger charge is 2.29. The predicted octanol–water partition coefficient (Wildman–Crippen LogP) is 3.62. The maximum absolute atomic E-state index is 14.4. The molecule has 1 saturated heterocycles. The van der Waals surface area contributed by atoms with Gasteiger partial charge >= 0.3 is 0 Å². The van der Waals surface area contributed by atoms with E-state index in [1.807, 2.05) is 0 Å². The van der Waals surface area contributed by atoms with Crippen LogP contribution in [0.15, 0.2) is 47.4 Å². The first kappa shape index (κ1) is 24.3. The van der Waals surface area contributed by atoms with Crippen LogP contribution in [-0.2, 0) is 19.6 Å². The average Bonchev–Trinajstić information content (AvgIpc) is 2.86. The second-order valence-corrected chi connectivity index (χ2v) is 10.4. The fourth-order valence-corrected chi connectivity index (χ4v) is 5.75. The average molecular weight is 490 g/mol. The van der Waals surface area contributed by atoms with E-state index in [9.17, 15) is 22.4 Å². The van der Waals surface area contributed by atoms with E-state index in [-0.39, 0.29) is 49.4 Å². The zero-order chi connectivity index (χ0) is 24.1. The van der Waals surface area contributed by atoms with Crippen LogP contribution in [0, 0.1) is 11.7 Å². The van der Waals surface area contributed by atoms with E-state index in [4.69, 9.17) is 4.74 Å². The zero-order valence-electron chi connectivity index (χ0n) is 18.8. The monoisotopic (exact) mass is 489 g/mol. The summed E-state index contributed by atoms with van der Waals surface area (Å²) in [5.41, 5.74) is 0.941. The summed E-state index contributed by atoms with van der Waals surface area (Å²) < 4.78 is 46.5. The number of hydrogen-bond acceptors (Lipinski definition) is 5. The summed E-state index contributed by atoms with van der Waals surface area (Å²) in [6.45, 7) is 0.755. The third-order valence-electron chi connectivity index (χ3n) is 6.15. The molecule has 2 fully saturated rings. The molecule has 2 amide bonds. The van der Waals surface area contributed by atoms with E-state index >= 15 is 0 Å². The molecule has 2 N–H and O–H groups in total. The van der Waals surface area contributed by atoms with Crippen molar-refractivity contribution < 1.29 is 27.1 Å². The second-order valence-electron chi connectivity index (χ2n) is 8.52. The van der Waals surface area contributed by atoms with Gasteiger partial charge in [0.2, 0.25) is 15.9 Å². The molecule has 1 aliphatic heterocycles. The first-order chi connectivity index (χ1) is 16.3. The molecule has 182 valence electrons. The van der Waals surface area contributed by atoms with Crippen molar-refractivity contribution in [2.45, 2.75) is 37.0 Å². The van der Waals surface area contributed by atoms with Crippen molar-refractivity contribution in [1.82, 2.24) is 4.31 Å². The van der Waals surface area contributed by atoms with Gasteiger partial charge in [-0.1, -0.05) is 25.3 Å². The minimum atomic E-state index is -4.07. The standard InChI is InChI=1S/C24H28FN3O5S/c25-21-10-9-20(16-22(21)34(31,32)28-11-13-33-14-12-28)27-24(30)18-7-4-8-19(15-18)26-23(29)17-5-2-1-3-6-17/h4,7-10,15-17H,1-3,5-6,11-14H2,(H,26,29)(H,27,30). The summed E-state index contributed by atoms with van der Waals surface area (Å²) in [6, 6.07) is 9.95. The number of nitrogens with one attached hydrogen (secondary N) is 2. The lowest BCUT2D eigenvalue weighted by molar-refractivity contribution is -0.120. The van der Waals surface area contributed by atoms with Crippen molar-refractivity contribution in [2.75, 3.05) is 36.9 Å². The van der Waals surface area contributed by atoms with E-state index in [0.29, 0.717) is 5.69 Å². The van der Waals surface area contributed by atoms with Gasteiger partial charge in [-0.25, -0.2) is 12.8 Å². The smallest absolute Gasteiger partial charge is 0.255 e. The normalized spacial score (nSPS) is 17.8. The van der Waals surface area contributed by atoms with Crippen LogP contribution >= 0.6 is 0 Å². The molecule has 0 radical (unpaired) electrons. The van der Waals surface area contributed by atoms with Crippen molar-refractivity contribution in [3.8, 4) is 0 Å². The maximum atomic E-state index is 14.4. The summed E-state index contributed by atoms with van der Waals surface area (Å²) in [4.78, 5) is 24.8. The van der Waals surface area contributed by atoms with Crippen LogP contribution in [-0.4, -0.2) is 50.8 Å². The van der Waals surface area contributed by atoms with Gasteiger partial charge in [-0.2, -0.15) is 4.31 Å². The van der Waals surface area contributed by atoms with Gasteiger partial charge in [-0.3, -0.25) is 9.59 Å². The van der Waals surface area contributed by atoms with Gasteiger partial charge in [0.1, 0.15) is 10.7 Å². The Bertz CT molecular complexity index is 1160. The van der Waals surface area contributed by atoms with E-state index in [0.717, 1.165) is 44.2 Å². The van der Waals surface area contributed by atoms with Gasteiger partial charge < -0.3 is 15.4 Å². The first-order valence-electron chi connectivity index (χ1n) is 11.4. The molecular formula is C24H28FN3O5S. The second kappa shape index (κ2) is 10.6. The molecule has 0 spiro atoms. The Morgan fingerprint density at radius 1 is 0.941 bits per heavy atom. The number of carbonyl (C=O) groups excluding carboxylic acids is 2. The number of morpholine rings is 1. The van der Waals surface area contributed by atoms with Crippen LogP contribution in [0.25, 0.3) is 0 Å². The molecule has 1 heterocycles. The number of sulfonamides is 1. The van der Waals surface area contributed by atoms with Crippen molar-refractivity contribution in [3.63, 3.8) is 0 Å². The third-order valence-corrected chi connectivity index (χ3v) is 8.06. The summed E-state index contributed by atoms with van der Waals surface area (Å²) in [7, 11) is -4.07. The van der Waals surface area contributed by atoms with E-state index < -0.39 is 26.6 Å². The molecule has 2 aromatic carbocycles. The van der Waals surface area contributed by atoms with Crippen LogP contribution < -0.4 is 10.6 Å². The van der Waals surface area contributed by atoms with Crippen molar-refractivity contribution in [3.05, 3.63) is 53.8 Å². The molecule has 4 rings (SSSR count). The number of amides is 2. The Morgan fingerprint density at radius 2 is 1.65 bits per heavy atom. The molecule has 34 heavy (non-hydrogen) atoms. The maximum Gasteiger partial charge on any atom is 0.255 e. The SMILES string of the molecule is O=C(Nc1ccc(F)c(S(=O)(=O)N2CCOCC2)c1)c1cccc(NC(=O)C2CCCCC2)c1. The molecule has 2 aliphatic rings. The zero-order valence-corrected chi connectivity index (χ0v) is 19.6. The predicted molar refractivity (Wildman–Crippen MR) is 126 cm³/mol. The van der Waals surface area contributed by atoms with Gasteiger partial charge in [0.15, 0.2) is 0 Å². The highest BCUT2D eigenvalue weighted by molar-refractivity contribution is 7.89. The molecule has 0 aromatic heterocycles. The van der Waals surface area contributed by atoms with Crippen LogP contribution in [0.2, 0.25) is 0 Å². The van der Waals surface area contributed by atoms with Gasteiger partial charge in [0, 0.05) is 35.9 Å². The summed E-state index contributed by atoms with van der Waals surface area (Å²) >= 11 is 0. The number of carbonyl (C=O) groups is 2. The number of benzene rings is 2. The molecule has 0 atom stereocenters. The lowest BCUT2D eigenvalue weighted by Gasteiger charge is -2.26. The largest absolute Gasteiger partial charge is 0.379 e. The molecule has 0 unspecified atom stereocenters. The van der Waals surface area contributed by atoms with Crippen LogP contribution in [0.1, 0.15) is 42.5 Å². The first-order valence-corrected chi connectivity index (χ1v) is 12.9. The molecule has 2 aromatic rings. The Labute approximate surface area is 198 Å². The Morgan fingerprint density at radius 3 is 2.38 bits per heavy atom. The van der Waals surface area contributed by atoms with Crippen LogP contribution in [0.5, 0.6) is 0 Å². The number of nitrogens with zero attached hydrogens (tertiary/aromatic N) is 1. The number of ether oxygens (including phenoxy) is 1. The third kappa shape index (κ3) is 5.63. The van der Waals surface area contributed by atoms with Gasteiger partial charge in [-0.05, 0) is 49.2 Å². The van der Waals surface area contributed by atoms with E-state index in [1.165, 1.54) is 10.4 Å². The lowest BCUT2D eigenvalue weighted by atomic mass is 9.88. The minimum absolute atomic E-state index is 0.0164. The van der Waals surface area contributed by atoms with Crippen LogP contribution in [0.4, 0.5) is 15.8 Å². The number of rotatable bonds is 6. The Kier molecular flexibility index (Phi) is 7.60. The Balaban J connectivity index is 1.47. The van der Waals surface area contributed by atoms with Crippen molar-refractivity contribution in [1.29, 1.82) is 0 Å². The highest BCUT2D eigenvalue weighted by atomic mass is 32.2. The van der Waals surface area contributed by atoms with Crippen molar-refractivity contribution >= 4 is 33.2 Å². The fourth-order valence-electron chi connectivity index (χ4n) is 4.26. The quantitative estimate of drug-likeness (QED) is 0.645. The van der Waals surface area contributed by atoms with Gasteiger partial charge in [-0.15, -0.1) is 0 Å². The Hall–Kier alpha value is -2.82. The van der Waals surface area contributed by atoms with Crippen LogP contribution in [0.3, 0.4) is 0 Å². The minimum Gasteiger partial charge on any atom is -0.379 e. The fraction of sp³-hybridized carbons (Fsp3) is 0.417. The molecule has 1 aliphatic carbocycles. The molecule has 0 bridgehead atoms. The van der Waals surface area contributed by atoms with Gasteiger partial charge in [0.05, 0.1) is 13.2 Å². The highest BCUT2D eigenvalue weighted by Crippen LogP contribution is 2.26. The summed E-state index contributed by atoms with van der Waals surface area (Å²) in [5, 5.41) is 5.50. The molecule has 8 nitrogen and oxygen atoms in total. The van der Waals surface area contributed by atoms with Crippen molar-refractivity contribution in [2.24, 2.45) is 5.92 Å². The van der Waals surface area contributed by atoms with E-state index in [2.05, 4.69) is 10.6 Å². The summed E-state index contributed by atoms with van der Waals surface area (Å²) in [6.07, 6.45) is 4.97.